The van der Waals surface area contributed by atoms with Crippen LogP contribution in [0.3, 0.4) is 0 Å². The van der Waals surface area contributed by atoms with E-state index in [1.807, 2.05) is 6.92 Å². The molecule has 0 aliphatic heterocycles. The van der Waals surface area contributed by atoms with Gasteiger partial charge in [0.25, 0.3) is 0 Å². The SMILES string of the molecule is C#CCN(C)S(=O)(=O)CCNCC. The van der Waals surface area contributed by atoms with E-state index in [9.17, 15) is 8.42 Å². The summed E-state index contributed by atoms with van der Waals surface area (Å²) < 4.78 is 24.0. The Balaban J connectivity index is 4.01. The van der Waals surface area contributed by atoms with Crippen LogP contribution in [0, 0.1) is 12.3 Å². The summed E-state index contributed by atoms with van der Waals surface area (Å²) in [5.41, 5.74) is 0. The highest BCUT2D eigenvalue weighted by Gasteiger charge is 2.15. The van der Waals surface area contributed by atoms with Crippen molar-refractivity contribution in [3.05, 3.63) is 0 Å². The lowest BCUT2D eigenvalue weighted by atomic mass is 10.7. The molecule has 0 heterocycles. The van der Waals surface area contributed by atoms with E-state index in [1.54, 1.807) is 0 Å². The van der Waals surface area contributed by atoms with Crippen molar-refractivity contribution in [2.24, 2.45) is 0 Å². The molecule has 0 aromatic heterocycles. The van der Waals surface area contributed by atoms with E-state index in [0.29, 0.717) is 6.54 Å². The zero-order valence-corrected chi connectivity index (χ0v) is 8.89. The van der Waals surface area contributed by atoms with Crippen molar-refractivity contribution < 1.29 is 8.42 Å². The van der Waals surface area contributed by atoms with E-state index < -0.39 is 10.0 Å². The summed E-state index contributed by atoms with van der Waals surface area (Å²) in [7, 11) is -1.68. The van der Waals surface area contributed by atoms with Crippen molar-refractivity contribution >= 4 is 10.0 Å². The Morgan fingerprint density at radius 1 is 1.54 bits per heavy atom. The second-order valence-electron chi connectivity index (χ2n) is 2.63. The Kier molecular flexibility index (Phi) is 5.71. The minimum absolute atomic E-state index is 0.0962. The second kappa shape index (κ2) is 5.97. The van der Waals surface area contributed by atoms with Gasteiger partial charge in [-0.25, -0.2) is 8.42 Å². The number of rotatable bonds is 6. The van der Waals surface area contributed by atoms with Gasteiger partial charge >= 0.3 is 0 Å². The highest BCUT2D eigenvalue weighted by molar-refractivity contribution is 7.89. The molecule has 0 aliphatic carbocycles. The summed E-state index contributed by atoms with van der Waals surface area (Å²) in [6, 6.07) is 0. The van der Waals surface area contributed by atoms with E-state index >= 15 is 0 Å². The molecule has 0 radical (unpaired) electrons. The van der Waals surface area contributed by atoms with Gasteiger partial charge in [-0.2, -0.15) is 4.31 Å². The quantitative estimate of drug-likeness (QED) is 0.468. The predicted octanol–water partition coefficient (Wildman–Crippen LogP) is -0.509. The summed E-state index contributed by atoms with van der Waals surface area (Å²) in [5, 5.41) is 2.94. The van der Waals surface area contributed by atoms with Crippen LogP contribution in [-0.2, 0) is 10.0 Å². The number of sulfonamides is 1. The largest absolute Gasteiger partial charge is 0.316 e. The Morgan fingerprint density at radius 3 is 2.62 bits per heavy atom. The molecular weight excluding hydrogens is 188 g/mol. The van der Waals surface area contributed by atoms with E-state index in [1.165, 1.54) is 11.4 Å². The molecule has 76 valence electrons. The summed E-state index contributed by atoms with van der Waals surface area (Å²) in [5.74, 6) is 2.39. The smallest absolute Gasteiger partial charge is 0.215 e. The molecule has 0 rings (SSSR count). The average molecular weight is 204 g/mol. The van der Waals surface area contributed by atoms with E-state index in [2.05, 4.69) is 11.2 Å². The molecule has 0 spiro atoms. The van der Waals surface area contributed by atoms with Gasteiger partial charge in [-0.15, -0.1) is 6.42 Å². The minimum atomic E-state index is -3.17. The van der Waals surface area contributed by atoms with Gasteiger partial charge in [-0.1, -0.05) is 12.8 Å². The van der Waals surface area contributed by atoms with Crippen LogP contribution in [0.2, 0.25) is 0 Å². The van der Waals surface area contributed by atoms with Crippen molar-refractivity contribution in [1.82, 2.24) is 9.62 Å². The maximum absolute atomic E-state index is 11.4. The maximum atomic E-state index is 11.4. The third-order valence-corrected chi connectivity index (χ3v) is 3.37. The lowest BCUT2D eigenvalue weighted by Crippen LogP contribution is -2.33. The first-order valence-electron chi connectivity index (χ1n) is 4.12. The molecule has 0 atom stereocenters. The third-order valence-electron chi connectivity index (χ3n) is 1.58. The van der Waals surface area contributed by atoms with Gasteiger partial charge in [-0.05, 0) is 6.54 Å². The summed E-state index contributed by atoms with van der Waals surface area (Å²) >= 11 is 0. The molecule has 0 saturated carbocycles. The molecule has 0 aromatic carbocycles. The second-order valence-corrected chi connectivity index (χ2v) is 4.83. The molecule has 5 heteroatoms. The number of hydrogen-bond acceptors (Lipinski definition) is 3. The molecule has 13 heavy (non-hydrogen) atoms. The molecule has 0 aromatic rings. The first-order valence-corrected chi connectivity index (χ1v) is 5.73. The van der Waals surface area contributed by atoms with Gasteiger partial charge in [0.2, 0.25) is 10.0 Å². The Bertz CT molecular complexity index is 266. The highest BCUT2D eigenvalue weighted by Crippen LogP contribution is 1.95. The van der Waals surface area contributed by atoms with Crippen LogP contribution in [0.1, 0.15) is 6.92 Å². The van der Waals surface area contributed by atoms with Crippen LogP contribution >= 0.6 is 0 Å². The monoisotopic (exact) mass is 204 g/mol. The Morgan fingerprint density at radius 2 is 2.15 bits per heavy atom. The van der Waals surface area contributed by atoms with Crippen LogP contribution in [-0.4, -0.2) is 45.2 Å². The summed E-state index contributed by atoms with van der Waals surface area (Å²) in [6.07, 6.45) is 5.01. The molecule has 0 unspecified atom stereocenters. The van der Waals surface area contributed by atoms with Crippen molar-refractivity contribution in [2.45, 2.75) is 6.92 Å². The van der Waals surface area contributed by atoms with Gasteiger partial charge in [0.15, 0.2) is 0 Å². The average Bonchev–Trinajstić information content (AvgIpc) is 2.05. The van der Waals surface area contributed by atoms with Crippen LogP contribution in [0.25, 0.3) is 0 Å². The van der Waals surface area contributed by atoms with Gasteiger partial charge in [-0.3, -0.25) is 0 Å². The molecule has 0 fully saturated rings. The van der Waals surface area contributed by atoms with Gasteiger partial charge in [0, 0.05) is 13.6 Å². The molecule has 0 amide bonds. The van der Waals surface area contributed by atoms with Crippen molar-refractivity contribution in [1.29, 1.82) is 0 Å². The fourth-order valence-electron chi connectivity index (χ4n) is 0.761. The zero-order chi connectivity index (χ0) is 10.3. The molecular formula is C8H16N2O2S. The molecule has 0 aliphatic rings. The summed E-state index contributed by atoms with van der Waals surface area (Å²) in [6.45, 7) is 3.30. The predicted molar refractivity (Wildman–Crippen MR) is 53.8 cm³/mol. The zero-order valence-electron chi connectivity index (χ0n) is 8.08. The minimum Gasteiger partial charge on any atom is -0.316 e. The van der Waals surface area contributed by atoms with Gasteiger partial charge < -0.3 is 5.32 Å². The lowest BCUT2D eigenvalue weighted by molar-refractivity contribution is 0.501. The topological polar surface area (TPSA) is 49.4 Å². The van der Waals surface area contributed by atoms with Gasteiger partial charge in [0.05, 0.1) is 12.3 Å². The Hall–Kier alpha value is -0.570. The normalized spacial score (nSPS) is 11.5. The molecule has 0 bridgehead atoms. The van der Waals surface area contributed by atoms with Gasteiger partial charge in [0.1, 0.15) is 0 Å². The van der Waals surface area contributed by atoms with E-state index in [-0.39, 0.29) is 12.3 Å². The van der Waals surface area contributed by atoms with Crippen LogP contribution in [0.5, 0.6) is 0 Å². The van der Waals surface area contributed by atoms with E-state index in [4.69, 9.17) is 6.42 Å². The van der Waals surface area contributed by atoms with Crippen molar-refractivity contribution in [3.8, 4) is 12.3 Å². The van der Waals surface area contributed by atoms with Crippen LogP contribution < -0.4 is 5.32 Å². The highest BCUT2D eigenvalue weighted by atomic mass is 32.2. The van der Waals surface area contributed by atoms with Crippen LogP contribution in [0.4, 0.5) is 0 Å². The van der Waals surface area contributed by atoms with Crippen molar-refractivity contribution in [2.75, 3.05) is 32.4 Å². The number of hydrogen-bond donors (Lipinski definition) is 1. The molecule has 4 nitrogen and oxygen atoms in total. The number of nitrogens with zero attached hydrogens (tertiary/aromatic N) is 1. The molecule has 1 N–H and O–H groups in total. The molecule has 0 saturated heterocycles. The van der Waals surface area contributed by atoms with Crippen LogP contribution in [0.15, 0.2) is 0 Å². The fraction of sp³-hybridized carbons (Fsp3) is 0.750. The third kappa shape index (κ3) is 4.88. The lowest BCUT2D eigenvalue weighted by Gasteiger charge is -2.13. The summed E-state index contributed by atoms with van der Waals surface area (Å²) in [4.78, 5) is 0. The first kappa shape index (κ1) is 12.4. The van der Waals surface area contributed by atoms with E-state index in [0.717, 1.165) is 6.54 Å². The maximum Gasteiger partial charge on any atom is 0.215 e. The Labute approximate surface area is 80.4 Å². The first-order chi connectivity index (χ1) is 6.04. The standard InChI is InChI=1S/C8H16N2O2S/c1-4-7-10(3)13(11,12)8-6-9-5-2/h1,9H,5-8H2,2-3H3. The van der Waals surface area contributed by atoms with Crippen molar-refractivity contribution in [3.63, 3.8) is 0 Å². The fourth-order valence-corrected chi connectivity index (χ4v) is 1.75. The number of nitrogens with one attached hydrogen (secondary N) is 1. The number of terminal acetylenes is 1.